The van der Waals surface area contributed by atoms with Crippen LogP contribution in [0.4, 0.5) is 0 Å². The number of fused-ring (bicyclic) bond motifs is 5. The Labute approximate surface area is 255 Å². The first-order chi connectivity index (χ1) is 20.7. The molecule has 0 amide bonds. The molecule has 0 aromatic heterocycles. The van der Waals surface area contributed by atoms with E-state index in [1.807, 2.05) is 12.1 Å². The van der Waals surface area contributed by atoms with Crippen molar-refractivity contribution in [2.75, 3.05) is 13.2 Å². The average molecular weight is 633 g/mol. The highest BCUT2D eigenvalue weighted by atomic mass is 16.4. The quantitative estimate of drug-likeness (QED) is 0.114. The molecule has 3 aliphatic carbocycles. The topological polar surface area (TPSA) is 277 Å². The Morgan fingerprint density at radius 2 is 1.32 bits per heavy atom. The van der Waals surface area contributed by atoms with E-state index in [4.69, 9.17) is 51.1 Å². The lowest BCUT2D eigenvalue weighted by molar-refractivity contribution is -0.136. The first-order valence-electron chi connectivity index (χ1n) is 14.7. The summed E-state index contributed by atoms with van der Waals surface area (Å²) < 4.78 is 0. The fraction of sp³-hybridized carbons (Fsp3) is 0.733. The summed E-state index contributed by atoms with van der Waals surface area (Å²) >= 11 is 0. The summed E-state index contributed by atoms with van der Waals surface area (Å²) in [4.78, 5) is 19.8. The van der Waals surface area contributed by atoms with E-state index in [9.17, 15) is 19.8 Å². The van der Waals surface area contributed by atoms with Gasteiger partial charge in [-0.15, -0.1) is 0 Å². The largest absolute Gasteiger partial charge is 0.508 e. The Bertz CT molecular complexity index is 1010. The fourth-order valence-corrected chi connectivity index (χ4v) is 6.78. The highest BCUT2D eigenvalue weighted by Gasteiger charge is 2.54. The molecular weight excluding hydrogens is 584 g/mol. The molecule has 13 atom stereocenters. The van der Waals surface area contributed by atoms with Crippen LogP contribution in [0.25, 0.3) is 0 Å². The van der Waals surface area contributed by atoms with Gasteiger partial charge in [0.15, 0.2) is 12.6 Å². The van der Waals surface area contributed by atoms with Gasteiger partial charge in [0.2, 0.25) is 0 Å². The molecule has 0 heterocycles. The van der Waals surface area contributed by atoms with Crippen molar-refractivity contribution < 1.29 is 70.9 Å². The van der Waals surface area contributed by atoms with Gasteiger partial charge in [0.25, 0.3) is 0 Å². The normalized spacial score (nSPS) is 30.9. The number of aldehydes is 2. The summed E-state index contributed by atoms with van der Waals surface area (Å²) in [5.41, 5.74) is 2.99. The average Bonchev–Trinajstić information content (AvgIpc) is 3.35. The third-order valence-electron chi connectivity index (χ3n) is 9.50. The van der Waals surface area contributed by atoms with Crippen LogP contribution in [0, 0.1) is 17.3 Å². The maximum Gasteiger partial charge on any atom is 0.151 e. The number of aryl methyl sites for hydroxylation is 1. The summed E-state index contributed by atoms with van der Waals surface area (Å²) in [5.74, 6) is 2.49. The number of aliphatic hydroxyl groups excluding tert-OH is 11. The van der Waals surface area contributed by atoms with Gasteiger partial charge in [0.1, 0.15) is 54.6 Å². The van der Waals surface area contributed by atoms with Gasteiger partial charge in [0.05, 0.1) is 19.3 Å². The van der Waals surface area contributed by atoms with Gasteiger partial charge in [-0.1, -0.05) is 13.0 Å². The highest BCUT2D eigenvalue weighted by molar-refractivity contribution is 5.57. The van der Waals surface area contributed by atoms with E-state index in [0.29, 0.717) is 17.6 Å². The number of benzene rings is 1. The number of carbonyl (C=O) groups excluding carboxylic acids is 2. The van der Waals surface area contributed by atoms with Crippen molar-refractivity contribution in [2.45, 2.75) is 106 Å². The molecule has 0 saturated heterocycles. The van der Waals surface area contributed by atoms with Crippen molar-refractivity contribution in [1.29, 1.82) is 0 Å². The van der Waals surface area contributed by atoms with E-state index < -0.39 is 62.0 Å². The molecule has 0 bridgehead atoms. The molecule has 3 aliphatic rings. The number of aliphatic hydroxyl groups is 11. The molecule has 0 spiro atoms. The molecule has 4 rings (SSSR count). The first-order valence-corrected chi connectivity index (χ1v) is 14.7. The standard InChI is InChI=1S/C18H24O2.2C6H12O6/c1-18-9-8-14-13-5-3-12(19)10-11(13)2-4-15(14)16(18)6-7-17(18)20;2*7-1-3(9)5(11)6(12)4(10)2-8/h3,5,10,14-17,19-20H,2,4,6-9H2,1H3;2*1,3-6,8-12H,2H2/t14-,15-,16+,17+,18+;3-,4+,5+,6+;3-,4+,5+,6-/m100/s1. The zero-order chi connectivity index (χ0) is 33.4. The Morgan fingerprint density at radius 1 is 0.795 bits per heavy atom. The molecule has 14 nitrogen and oxygen atoms in total. The molecule has 0 aliphatic heterocycles. The maximum atomic E-state index is 10.4. The molecule has 2 fully saturated rings. The number of phenolic OH excluding ortho intramolecular Hbond substituents is 1. The van der Waals surface area contributed by atoms with Crippen molar-refractivity contribution in [3.63, 3.8) is 0 Å². The van der Waals surface area contributed by atoms with Crippen molar-refractivity contribution in [3.05, 3.63) is 29.3 Å². The van der Waals surface area contributed by atoms with Crippen molar-refractivity contribution in [2.24, 2.45) is 17.3 Å². The Balaban J connectivity index is 0.000000247. The summed E-state index contributed by atoms with van der Waals surface area (Å²) in [6.45, 7) is 0.797. The monoisotopic (exact) mass is 632 g/mol. The van der Waals surface area contributed by atoms with Crippen LogP contribution in [0.1, 0.15) is 56.1 Å². The summed E-state index contributed by atoms with van der Waals surface area (Å²) in [6.07, 6.45) is -6.90. The van der Waals surface area contributed by atoms with Crippen LogP contribution in [0.5, 0.6) is 5.75 Å². The minimum Gasteiger partial charge on any atom is -0.508 e. The zero-order valence-corrected chi connectivity index (χ0v) is 24.7. The first kappa shape index (κ1) is 38.1. The number of hydrogen-bond donors (Lipinski definition) is 12. The lowest BCUT2D eigenvalue weighted by atomic mass is 9.55. The summed E-state index contributed by atoms with van der Waals surface area (Å²) in [7, 11) is 0. The van der Waals surface area contributed by atoms with Gasteiger partial charge >= 0.3 is 0 Å². The summed E-state index contributed by atoms with van der Waals surface area (Å²) in [5, 5.41) is 107. The van der Waals surface area contributed by atoms with Crippen molar-refractivity contribution in [3.8, 4) is 5.75 Å². The Morgan fingerprint density at radius 3 is 1.80 bits per heavy atom. The molecule has 14 heteroatoms. The van der Waals surface area contributed by atoms with E-state index >= 15 is 0 Å². The molecular formula is C30H48O14. The molecule has 0 unspecified atom stereocenters. The highest BCUT2D eigenvalue weighted by Crippen LogP contribution is 2.60. The molecule has 2 saturated carbocycles. The van der Waals surface area contributed by atoms with Crippen LogP contribution in [-0.4, -0.2) is 142 Å². The Hall–Kier alpha value is -2.08. The van der Waals surface area contributed by atoms with Crippen LogP contribution in [0.2, 0.25) is 0 Å². The lowest BCUT2D eigenvalue weighted by Gasteiger charge is -2.50. The van der Waals surface area contributed by atoms with E-state index in [-0.39, 0.29) is 24.1 Å². The molecule has 1 aromatic rings. The predicted molar refractivity (Wildman–Crippen MR) is 153 cm³/mol. The van der Waals surface area contributed by atoms with Crippen LogP contribution in [0.3, 0.4) is 0 Å². The predicted octanol–water partition coefficient (Wildman–Crippen LogP) is -3.15. The van der Waals surface area contributed by atoms with E-state index in [1.165, 1.54) is 30.4 Å². The van der Waals surface area contributed by atoms with Crippen LogP contribution in [-0.2, 0) is 16.0 Å². The van der Waals surface area contributed by atoms with Crippen LogP contribution in [0.15, 0.2) is 18.2 Å². The Kier molecular flexibility index (Phi) is 14.7. The molecule has 0 radical (unpaired) electrons. The third kappa shape index (κ3) is 8.79. The number of rotatable bonds is 10. The fourth-order valence-electron chi connectivity index (χ4n) is 6.78. The van der Waals surface area contributed by atoms with Crippen LogP contribution < -0.4 is 0 Å². The van der Waals surface area contributed by atoms with Crippen molar-refractivity contribution >= 4 is 12.6 Å². The SMILES string of the molecule is C[C@]12CC[C@@H]3c4ccc(O)cc4CC[C@H]3[C@@H]1CC[C@@H]2O.O=C[C@H](O)[C@@H](O)[C@@H](O)[C@H](O)CO.O=C[C@H](O)[C@@H](O)[C@H](O)[C@H](O)CO. The minimum absolute atomic E-state index is 0.0258. The number of phenols is 1. The number of carbonyl (C=O) groups is 2. The number of aromatic hydroxyl groups is 1. The second kappa shape index (κ2) is 17.0. The minimum atomic E-state index is -1.79. The van der Waals surface area contributed by atoms with E-state index in [2.05, 4.69) is 13.0 Å². The van der Waals surface area contributed by atoms with Crippen molar-refractivity contribution in [1.82, 2.24) is 0 Å². The zero-order valence-electron chi connectivity index (χ0n) is 24.7. The second-order valence-electron chi connectivity index (χ2n) is 12.2. The lowest BCUT2D eigenvalue weighted by Crippen LogP contribution is -2.46. The van der Waals surface area contributed by atoms with E-state index in [0.717, 1.165) is 25.2 Å². The van der Waals surface area contributed by atoms with Gasteiger partial charge in [-0.2, -0.15) is 0 Å². The molecule has 1 aromatic carbocycles. The molecule has 44 heavy (non-hydrogen) atoms. The number of hydrogen-bond acceptors (Lipinski definition) is 14. The molecule has 12 N–H and O–H groups in total. The molecule has 252 valence electrons. The van der Waals surface area contributed by atoms with Gasteiger partial charge in [0, 0.05) is 0 Å². The second-order valence-corrected chi connectivity index (χ2v) is 12.2. The smallest absolute Gasteiger partial charge is 0.151 e. The van der Waals surface area contributed by atoms with Gasteiger partial charge in [-0.3, -0.25) is 0 Å². The van der Waals surface area contributed by atoms with Crippen LogP contribution >= 0.6 is 0 Å². The van der Waals surface area contributed by atoms with Gasteiger partial charge < -0.3 is 70.9 Å². The van der Waals surface area contributed by atoms with Gasteiger partial charge in [-0.05, 0) is 85.0 Å². The van der Waals surface area contributed by atoms with E-state index in [1.54, 1.807) is 0 Å². The van der Waals surface area contributed by atoms with Gasteiger partial charge in [-0.25, -0.2) is 0 Å². The maximum absolute atomic E-state index is 10.4. The third-order valence-corrected chi connectivity index (χ3v) is 9.50. The summed E-state index contributed by atoms with van der Waals surface area (Å²) in [6, 6.07) is 5.96.